The van der Waals surface area contributed by atoms with Gasteiger partial charge < -0.3 is 10.2 Å². The van der Waals surface area contributed by atoms with E-state index < -0.39 is 0 Å². The summed E-state index contributed by atoms with van der Waals surface area (Å²) in [6.45, 7) is 3.95. The Morgan fingerprint density at radius 3 is 2.33 bits per heavy atom. The fourth-order valence-corrected chi connectivity index (χ4v) is 2.42. The van der Waals surface area contributed by atoms with Crippen LogP contribution in [0.4, 0.5) is 11.4 Å². The Kier molecular flexibility index (Phi) is 7.11. The van der Waals surface area contributed by atoms with Crippen molar-refractivity contribution in [2.45, 2.75) is 26.7 Å². The first-order chi connectivity index (χ1) is 12.9. The molecule has 0 bridgehead atoms. The van der Waals surface area contributed by atoms with E-state index >= 15 is 0 Å². The van der Waals surface area contributed by atoms with Gasteiger partial charge in [-0.1, -0.05) is 24.3 Å². The van der Waals surface area contributed by atoms with E-state index in [0.717, 1.165) is 28.1 Å². The second-order valence-electron chi connectivity index (χ2n) is 6.57. The molecule has 0 saturated heterocycles. The van der Waals surface area contributed by atoms with Gasteiger partial charge >= 0.3 is 0 Å². The predicted octanol–water partition coefficient (Wildman–Crippen LogP) is 3.24. The lowest BCUT2D eigenvalue weighted by Gasteiger charge is -2.11. The first-order valence-corrected chi connectivity index (χ1v) is 8.82. The van der Waals surface area contributed by atoms with Crippen molar-refractivity contribution in [3.63, 3.8) is 0 Å². The molecule has 6 heteroatoms. The van der Waals surface area contributed by atoms with Gasteiger partial charge in [-0.25, -0.2) is 5.43 Å². The predicted molar refractivity (Wildman–Crippen MR) is 110 cm³/mol. The fraction of sp³-hybridized carbons (Fsp3) is 0.286. The van der Waals surface area contributed by atoms with Crippen LogP contribution in [0, 0.1) is 13.8 Å². The van der Waals surface area contributed by atoms with Gasteiger partial charge in [0.15, 0.2) is 0 Å². The van der Waals surface area contributed by atoms with Gasteiger partial charge in [-0.15, -0.1) is 0 Å². The molecule has 0 spiro atoms. The zero-order valence-corrected chi connectivity index (χ0v) is 16.2. The van der Waals surface area contributed by atoms with Crippen LogP contribution in [0.2, 0.25) is 0 Å². The van der Waals surface area contributed by atoms with E-state index in [9.17, 15) is 9.59 Å². The molecule has 0 aliphatic carbocycles. The zero-order valence-electron chi connectivity index (χ0n) is 16.2. The molecule has 2 aromatic carbocycles. The van der Waals surface area contributed by atoms with E-state index in [0.29, 0.717) is 0 Å². The maximum absolute atomic E-state index is 12.0. The van der Waals surface area contributed by atoms with Crippen LogP contribution in [0.5, 0.6) is 0 Å². The highest BCUT2D eigenvalue weighted by molar-refractivity contribution is 5.94. The third kappa shape index (κ3) is 6.26. The molecular formula is C21H26N4O2. The molecule has 0 radical (unpaired) electrons. The summed E-state index contributed by atoms with van der Waals surface area (Å²) < 4.78 is 0. The third-order valence-corrected chi connectivity index (χ3v) is 4.27. The minimum Gasteiger partial charge on any atom is -0.378 e. The normalized spacial score (nSPS) is 10.7. The standard InChI is InChI=1S/C21H26N4O2/c1-15-6-5-7-19(16(15)2)23-20(26)12-13-21(27)24-22-14-17-8-10-18(11-9-17)25(3)4/h5-11,14H,12-13H2,1-4H3,(H,23,26)(H,24,27). The molecule has 0 saturated carbocycles. The van der Waals surface area contributed by atoms with Crippen molar-refractivity contribution in [1.29, 1.82) is 0 Å². The van der Waals surface area contributed by atoms with E-state index in [1.54, 1.807) is 6.21 Å². The van der Waals surface area contributed by atoms with Gasteiger partial charge in [0.05, 0.1) is 6.21 Å². The van der Waals surface area contributed by atoms with Crippen LogP contribution in [-0.2, 0) is 9.59 Å². The minimum absolute atomic E-state index is 0.0770. The summed E-state index contributed by atoms with van der Waals surface area (Å²) in [5.41, 5.74) is 7.34. The molecule has 2 N–H and O–H groups in total. The molecule has 0 aliphatic heterocycles. The Bertz CT molecular complexity index is 827. The smallest absolute Gasteiger partial charge is 0.240 e. The van der Waals surface area contributed by atoms with Gasteiger partial charge in [-0.3, -0.25) is 9.59 Å². The number of carbonyl (C=O) groups is 2. The first kappa shape index (κ1) is 20.2. The SMILES string of the molecule is Cc1cccc(NC(=O)CCC(=O)NN=Cc2ccc(N(C)C)cc2)c1C. The molecule has 0 atom stereocenters. The van der Waals surface area contributed by atoms with Crippen LogP contribution >= 0.6 is 0 Å². The summed E-state index contributed by atoms with van der Waals surface area (Å²) in [7, 11) is 3.94. The molecule has 0 fully saturated rings. The van der Waals surface area contributed by atoms with Crippen LogP contribution in [0.15, 0.2) is 47.6 Å². The second-order valence-corrected chi connectivity index (χ2v) is 6.57. The van der Waals surface area contributed by atoms with Gasteiger partial charge in [0.2, 0.25) is 11.8 Å². The Balaban J connectivity index is 1.77. The van der Waals surface area contributed by atoms with Crippen LogP contribution in [0.1, 0.15) is 29.5 Å². The molecule has 2 amide bonds. The Morgan fingerprint density at radius 1 is 1.00 bits per heavy atom. The highest BCUT2D eigenvalue weighted by Gasteiger charge is 2.08. The molecule has 6 nitrogen and oxygen atoms in total. The van der Waals surface area contributed by atoms with Crippen molar-refractivity contribution in [2.75, 3.05) is 24.3 Å². The first-order valence-electron chi connectivity index (χ1n) is 8.82. The van der Waals surface area contributed by atoms with Crippen molar-refractivity contribution in [1.82, 2.24) is 5.43 Å². The summed E-state index contributed by atoms with van der Waals surface area (Å²) >= 11 is 0. The Hall–Kier alpha value is -3.15. The lowest BCUT2D eigenvalue weighted by atomic mass is 10.1. The monoisotopic (exact) mass is 366 g/mol. The van der Waals surface area contributed by atoms with Crippen molar-refractivity contribution in [2.24, 2.45) is 5.10 Å². The van der Waals surface area contributed by atoms with Gasteiger partial charge in [0.1, 0.15) is 0 Å². The summed E-state index contributed by atoms with van der Waals surface area (Å²) in [4.78, 5) is 25.9. The van der Waals surface area contributed by atoms with E-state index in [-0.39, 0.29) is 24.7 Å². The van der Waals surface area contributed by atoms with Crippen molar-refractivity contribution in [3.8, 4) is 0 Å². The molecule has 142 valence electrons. The largest absolute Gasteiger partial charge is 0.378 e. The number of hydrogen-bond donors (Lipinski definition) is 2. The molecule has 0 aromatic heterocycles. The lowest BCUT2D eigenvalue weighted by Crippen LogP contribution is -2.21. The maximum atomic E-state index is 12.0. The molecule has 2 rings (SSSR count). The van der Waals surface area contributed by atoms with E-state index in [4.69, 9.17) is 0 Å². The fourth-order valence-electron chi connectivity index (χ4n) is 2.42. The number of aryl methyl sites for hydroxylation is 1. The molecule has 0 unspecified atom stereocenters. The van der Waals surface area contributed by atoms with Crippen LogP contribution in [-0.4, -0.2) is 32.1 Å². The minimum atomic E-state index is -0.299. The lowest BCUT2D eigenvalue weighted by molar-refractivity contribution is -0.124. The van der Waals surface area contributed by atoms with E-state index in [2.05, 4.69) is 15.8 Å². The third-order valence-electron chi connectivity index (χ3n) is 4.27. The molecule has 0 aliphatic rings. The average molecular weight is 366 g/mol. The topological polar surface area (TPSA) is 73.8 Å². The number of hydrogen-bond acceptors (Lipinski definition) is 4. The van der Waals surface area contributed by atoms with Gasteiger partial charge in [-0.2, -0.15) is 5.10 Å². The summed E-state index contributed by atoms with van der Waals surface area (Å²) in [5.74, 6) is -0.491. The maximum Gasteiger partial charge on any atom is 0.240 e. The average Bonchev–Trinajstić information content (AvgIpc) is 2.64. The van der Waals surface area contributed by atoms with E-state index in [1.165, 1.54) is 0 Å². The summed E-state index contributed by atoms with van der Waals surface area (Å²) in [5, 5.41) is 6.78. The Morgan fingerprint density at radius 2 is 1.67 bits per heavy atom. The highest BCUT2D eigenvalue weighted by atomic mass is 16.2. The van der Waals surface area contributed by atoms with Gasteiger partial charge in [-0.05, 0) is 48.7 Å². The van der Waals surface area contributed by atoms with Crippen LogP contribution < -0.4 is 15.6 Å². The number of hydrazone groups is 1. The van der Waals surface area contributed by atoms with Crippen molar-refractivity contribution >= 4 is 29.4 Å². The zero-order chi connectivity index (χ0) is 19.8. The van der Waals surface area contributed by atoms with E-state index in [1.807, 2.05) is 75.3 Å². The number of rotatable bonds is 7. The number of nitrogens with zero attached hydrogens (tertiary/aromatic N) is 2. The molecule has 2 aromatic rings. The number of anilines is 2. The molecular weight excluding hydrogens is 340 g/mol. The summed E-state index contributed by atoms with van der Waals surface area (Å²) in [6, 6.07) is 13.5. The molecule has 27 heavy (non-hydrogen) atoms. The van der Waals surface area contributed by atoms with Gasteiger partial charge in [0.25, 0.3) is 0 Å². The number of nitrogens with one attached hydrogen (secondary N) is 2. The quantitative estimate of drug-likeness (QED) is 0.584. The number of benzene rings is 2. The second kappa shape index (κ2) is 9.52. The molecule has 0 heterocycles. The van der Waals surface area contributed by atoms with Crippen LogP contribution in [0.25, 0.3) is 0 Å². The van der Waals surface area contributed by atoms with Crippen molar-refractivity contribution in [3.05, 3.63) is 59.2 Å². The number of amides is 2. The number of carbonyl (C=O) groups excluding carboxylic acids is 2. The highest BCUT2D eigenvalue weighted by Crippen LogP contribution is 2.18. The van der Waals surface area contributed by atoms with Crippen molar-refractivity contribution < 1.29 is 9.59 Å². The van der Waals surface area contributed by atoms with Crippen LogP contribution in [0.3, 0.4) is 0 Å². The van der Waals surface area contributed by atoms with Gasteiger partial charge in [0, 0.05) is 38.3 Å². The summed E-state index contributed by atoms with van der Waals surface area (Å²) in [6.07, 6.45) is 1.76. The Labute approximate surface area is 160 Å².